The standard InChI is InChI=1S/C15H20ClNO4/c1-9(2)7-12(15(19)21-4)17-14(18)11-8-10(16)5-6-13(11)20-3/h5-6,8-9,12H,7H2,1-4H3,(H,17,18). The highest BCUT2D eigenvalue weighted by atomic mass is 35.5. The van der Waals surface area contributed by atoms with Gasteiger partial charge in [0.1, 0.15) is 11.8 Å². The maximum atomic E-state index is 12.3. The maximum absolute atomic E-state index is 12.3. The smallest absolute Gasteiger partial charge is 0.328 e. The molecule has 1 atom stereocenters. The third-order valence-corrected chi connectivity index (χ3v) is 3.14. The Morgan fingerprint density at radius 2 is 1.95 bits per heavy atom. The van der Waals surface area contributed by atoms with Crippen molar-refractivity contribution in [2.75, 3.05) is 14.2 Å². The minimum absolute atomic E-state index is 0.232. The number of nitrogens with one attached hydrogen (secondary N) is 1. The van der Waals surface area contributed by atoms with E-state index in [0.717, 1.165) is 0 Å². The number of esters is 1. The molecule has 0 saturated heterocycles. The molecule has 0 fully saturated rings. The Labute approximate surface area is 129 Å². The van der Waals surface area contributed by atoms with Crippen molar-refractivity contribution in [3.8, 4) is 5.75 Å². The van der Waals surface area contributed by atoms with Crippen LogP contribution >= 0.6 is 11.6 Å². The highest BCUT2D eigenvalue weighted by Gasteiger charge is 2.24. The number of carbonyl (C=O) groups is 2. The van der Waals surface area contributed by atoms with Gasteiger partial charge in [0.25, 0.3) is 5.91 Å². The van der Waals surface area contributed by atoms with E-state index in [1.54, 1.807) is 12.1 Å². The van der Waals surface area contributed by atoms with Crippen molar-refractivity contribution in [2.24, 2.45) is 5.92 Å². The first-order valence-corrected chi connectivity index (χ1v) is 6.99. The third-order valence-electron chi connectivity index (χ3n) is 2.90. The number of rotatable bonds is 6. The van der Waals surface area contributed by atoms with Gasteiger partial charge in [-0.25, -0.2) is 4.79 Å². The van der Waals surface area contributed by atoms with E-state index in [1.165, 1.54) is 20.3 Å². The summed E-state index contributed by atoms with van der Waals surface area (Å²) < 4.78 is 9.85. The number of methoxy groups -OCH3 is 2. The average Bonchev–Trinajstić information content (AvgIpc) is 2.45. The fraction of sp³-hybridized carbons (Fsp3) is 0.467. The lowest BCUT2D eigenvalue weighted by atomic mass is 10.0. The van der Waals surface area contributed by atoms with Gasteiger partial charge in [0.2, 0.25) is 0 Å². The normalized spacial score (nSPS) is 11.9. The summed E-state index contributed by atoms with van der Waals surface area (Å²) in [5, 5.41) is 3.08. The highest BCUT2D eigenvalue weighted by molar-refractivity contribution is 6.31. The molecule has 1 amide bonds. The van der Waals surface area contributed by atoms with Crippen molar-refractivity contribution < 1.29 is 19.1 Å². The van der Waals surface area contributed by atoms with Gasteiger partial charge >= 0.3 is 5.97 Å². The number of hydrogen-bond donors (Lipinski definition) is 1. The van der Waals surface area contributed by atoms with Crippen LogP contribution < -0.4 is 10.1 Å². The number of carbonyl (C=O) groups excluding carboxylic acids is 2. The van der Waals surface area contributed by atoms with Crippen LogP contribution in [-0.4, -0.2) is 32.1 Å². The lowest BCUT2D eigenvalue weighted by Gasteiger charge is -2.19. The molecule has 0 heterocycles. The minimum atomic E-state index is -0.703. The number of ether oxygens (including phenoxy) is 2. The van der Waals surface area contributed by atoms with E-state index in [1.807, 2.05) is 13.8 Å². The average molecular weight is 314 g/mol. The van der Waals surface area contributed by atoms with Gasteiger partial charge in [-0.1, -0.05) is 25.4 Å². The molecule has 21 heavy (non-hydrogen) atoms. The first kappa shape index (κ1) is 17.3. The summed E-state index contributed by atoms with van der Waals surface area (Å²) in [6.07, 6.45) is 0.487. The van der Waals surface area contributed by atoms with Crippen LogP contribution in [-0.2, 0) is 9.53 Å². The molecule has 0 bridgehead atoms. The van der Waals surface area contributed by atoms with Gasteiger partial charge in [0, 0.05) is 5.02 Å². The second-order valence-electron chi connectivity index (χ2n) is 5.02. The molecule has 1 aromatic rings. The van der Waals surface area contributed by atoms with Crippen molar-refractivity contribution in [3.63, 3.8) is 0 Å². The summed E-state index contributed by atoms with van der Waals surface area (Å²) in [7, 11) is 2.76. The van der Waals surface area contributed by atoms with Gasteiger partial charge in [-0.15, -0.1) is 0 Å². The van der Waals surface area contributed by atoms with Crippen molar-refractivity contribution in [2.45, 2.75) is 26.3 Å². The van der Waals surface area contributed by atoms with E-state index in [4.69, 9.17) is 21.1 Å². The third kappa shape index (κ3) is 4.93. The minimum Gasteiger partial charge on any atom is -0.496 e. The van der Waals surface area contributed by atoms with Crippen molar-refractivity contribution >= 4 is 23.5 Å². The number of halogens is 1. The van der Waals surface area contributed by atoms with Crippen LogP contribution in [0.4, 0.5) is 0 Å². The molecule has 6 heteroatoms. The quantitative estimate of drug-likeness (QED) is 0.820. The Balaban J connectivity index is 2.96. The Morgan fingerprint density at radius 3 is 2.48 bits per heavy atom. The number of benzene rings is 1. The van der Waals surface area contributed by atoms with Crippen LogP contribution in [0.3, 0.4) is 0 Å². The van der Waals surface area contributed by atoms with E-state index in [9.17, 15) is 9.59 Å². The zero-order valence-electron chi connectivity index (χ0n) is 12.6. The molecular weight excluding hydrogens is 294 g/mol. The van der Waals surface area contributed by atoms with E-state index in [-0.39, 0.29) is 11.5 Å². The highest BCUT2D eigenvalue weighted by Crippen LogP contribution is 2.22. The molecule has 1 unspecified atom stereocenters. The summed E-state index contributed by atoms with van der Waals surface area (Å²) in [5.74, 6) is -0.274. The molecule has 1 N–H and O–H groups in total. The molecule has 0 aliphatic heterocycles. The second kappa shape index (κ2) is 7.88. The largest absolute Gasteiger partial charge is 0.496 e. The van der Waals surface area contributed by atoms with Crippen molar-refractivity contribution in [1.82, 2.24) is 5.32 Å². The predicted molar refractivity (Wildman–Crippen MR) is 80.7 cm³/mol. The predicted octanol–water partition coefficient (Wildman–Crippen LogP) is 2.67. The molecule has 0 aliphatic rings. The maximum Gasteiger partial charge on any atom is 0.328 e. The van der Waals surface area contributed by atoms with E-state index in [2.05, 4.69) is 5.32 Å². The van der Waals surface area contributed by atoms with E-state index in [0.29, 0.717) is 17.2 Å². The first-order chi connectivity index (χ1) is 9.88. The summed E-state index contributed by atoms with van der Waals surface area (Å²) in [6.45, 7) is 3.92. The molecule has 1 rings (SSSR count). The number of amides is 1. The Kier molecular flexibility index (Phi) is 6.49. The Hall–Kier alpha value is -1.75. The Bertz CT molecular complexity index is 516. The lowest BCUT2D eigenvalue weighted by molar-refractivity contribution is -0.143. The van der Waals surface area contributed by atoms with Gasteiger partial charge in [-0.3, -0.25) is 4.79 Å². The SMILES string of the molecule is COC(=O)C(CC(C)C)NC(=O)c1cc(Cl)ccc1OC. The van der Waals surface area contributed by atoms with Gasteiger partial charge < -0.3 is 14.8 Å². The molecular formula is C15H20ClNO4. The van der Waals surface area contributed by atoms with E-state index < -0.39 is 17.9 Å². The molecule has 5 nitrogen and oxygen atoms in total. The second-order valence-corrected chi connectivity index (χ2v) is 5.46. The zero-order valence-corrected chi connectivity index (χ0v) is 13.4. The Morgan fingerprint density at radius 1 is 1.29 bits per heavy atom. The molecule has 0 spiro atoms. The van der Waals surface area contributed by atoms with Gasteiger partial charge in [-0.05, 0) is 30.5 Å². The fourth-order valence-corrected chi connectivity index (χ4v) is 2.09. The topological polar surface area (TPSA) is 64.6 Å². The van der Waals surface area contributed by atoms with Gasteiger partial charge in [-0.2, -0.15) is 0 Å². The number of hydrogen-bond acceptors (Lipinski definition) is 4. The van der Waals surface area contributed by atoms with Gasteiger partial charge in [0.15, 0.2) is 0 Å². The molecule has 116 valence electrons. The molecule has 0 radical (unpaired) electrons. The first-order valence-electron chi connectivity index (χ1n) is 6.61. The summed E-state index contributed by atoms with van der Waals surface area (Å²) in [4.78, 5) is 24.1. The fourth-order valence-electron chi connectivity index (χ4n) is 1.92. The summed E-state index contributed by atoms with van der Waals surface area (Å²) >= 11 is 5.90. The van der Waals surface area contributed by atoms with Crippen LogP contribution in [0.25, 0.3) is 0 Å². The van der Waals surface area contributed by atoms with Crippen LogP contribution in [0.1, 0.15) is 30.6 Å². The summed E-state index contributed by atoms with van der Waals surface area (Å²) in [5.41, 5.74) is 0.280. The van der Waals surface area contributed by atoms with Crippen LogP contribution in [0, 0.1) is 5.92 Å². The van der Waals surface area contributed by atoms with Crippen LogP contribution in [0.5, 0.6) is 5.75 Å². The molecule has 0 aliphatic carbocycles. The summed E-state index contributed by atoms with van der Waals surface area (Å²) in [6, 6.07) is 4.03. The van der Waals surface area contributed by atoms with Crippen LogP contribution in [0.15, 0.2) is 18.2 Å². The van der Waals surface area contributed by atoms with Crippen molar-refractivity contribution in [3.05, 3.63) is 28.8 Å². The van der Waals surface area contributed by atoms with Crippen molar-refractivity contribution in [1.29, 1.82) is 0 Å². The lowest BCUT2D eigenvalue weighted by Crippen LogP contribution is -2.42. The zero-order chi connectivity index (χ0) is 16.0. The molecule has 0 saturated carbocycles. The monoisotopic (exact) mass is 313 g/mol. The van der Waals surface area contributed by atoms with Crippen LogP contribution in [0.2, 0.25) is 5.02 Å². The van der Waals surface area contributed by atoms with E-state index >= 15 is 0 Å². The van der Waals surface area contributed by atoms with Gasteiger partial charge in [0.05, 0.1) is 19.8 Å². The molecule has 1 aromatic carbocycles. The molecule has 0 aromatic heterocycles.